The fraction of sp³-hybridized carbons (Fsp3) is 0.571. The minimum atomic E-state index is 0.112. The van der Waals surface area contributed by atoms with Crippen LogP contribution in [0.1, 0.15) is 42.9 Å². The van der Waals surface area contributed by atoms with Crippen LogP contribution in [0.25, 0.3) is 0 Å². The zero-order valence-electron chi connectivity index (χ0n) is 10.5. The van der Waals surface area contributed by atoms with Crippen molar-refractivity contribution in [1.82, 2.24) is 0 Å². The van der Waals surface area contributed by atoms with Gasteiger partial charge in [-0.25, -0.2) is 0 Å². The standard InChI is InChI=1S/C14H20ClNO/c1-9-7-13(17-2)12(15)8-11(9)14(16)10-5-3-4-6-10/h7-8,10,14H,3-6,16H2,1-2H3. The third-order valence-corrected chi connectivity index (χ3v) is 4.10. The minimum Gasteiger partial charge on any atom is -0.495 e. The van der Waals surface area contributed by atoms with E-state index in [1.807, 2.05) is 12.1 Å². The van der Waals surface area contributed by atoms with Crippen LogP contribution in [0, 0.1) is 12.8 Å². The lowest BCUT2D eigenvalue weighted by atomic mass is 9.90. The van der Waals surface area contributed by atoms with Crippen molar-refractivity contribution in [3.8, 4) is 5.75 Å². The molecule has 0 aliphatic heterocycles. The Morgan fingerprint density at radius 3 is 2.59 bits per heavy atom. The fourth-order valence-corrected chi connectivity index (χ4v) is 3.01. The quantitative estimate of drug-likeness (QED) is 0.888. The maximum Gasteiger partial charge on any atom is 0.137 e. The number of ether oxygens (including phenoxy) is 1. The van der Waals surface area contributed by atoms with Crippen LogP contribution in [0.3, 0.4) is 0 Å². The first-order chi connectivity index (χ1) is 8.13. The van der Waals surface area contributed by atoms with Gasteiger partial charge in [0, 0.05) is 6.04 Å². The van der Waals surface area contributed by atoms with Crippen molar-refractivity contribution in [1.29, 1.82) is 0 Å². The lowest BCUT2D eigenvalue weighted by molar-refractivity contribution is 0.412. The Labute approximate surface area is 108 Å². The molecule has 0 bridgehead atoms. The van der Waals surface area contributed by atoms with Crippen molar-refractivity contribution in [2.24, 2.45) is 11.7 Å². The molecule has 0 heterocycles. The molecular weight excluding hydrogens is 234 g/mol. The zero-order chi connectivity index (χ0) is 12.4. The molecule has 1 aromatic carbocycles. The number of methoxy groups -OCH3 is 1. The van der Waals surface area contributed by atoms with Crippen molar-refractivity contribution in [2.45, 2.75) is 38.6 Å². The van der Waals surface area contributed by atoms with Crippen molar-refractivity contribution in [3.63, 3.8) is 0 Å². The van der Waals surface area contributed by atoms with Crippen molar-refractivity contribution >= 4 is 11.6 Å². The van der Waals surface area contributed by atoms with E-state index in [1.165, 1.54) is 36.8 Å². The van der Waals surface area contributed by atoms with Crippen LogP contribution in [-0.2, 0) is 0 Å². The molecule has 3 heteroatoms. The molecule has 1 fully saturated rings. The highest BCUT2D eigenvalue weighted by Gasteiger charge is 2.25. The van der Waals surface area contributed by atoms with Gasteiger partial charge in [-0.1, -0.05) is 24.4 Å². The van der Waals surface area contributed by atoms with Crippen molar-refractivity contribution in [2.75, 3.05) is 7.11 Å². The summed E-state index contributed by atoms with van der Waals surface area (Å²) in [5, 5.41) is 0.654. The maximum atomic E-state index is 6.36. The number of benzene rings is 1. The largest absolute Gasteiger partial charge is 0.495 e. The second kappa shape index (κ2) is 5.28. The van der Waals surface area contributed by atoms with E-state index < -0.39 is 0 Å². The first-order valence-corrected chi connectivity index (χ1v) is 6.61. The number of halogens is 1. The predicted octanol–water partition coefficient (Wildman–Crippen LogP) is 3.85. The first kappa shape index (κ1) is 12.7. The molecule has 0 radical (unpaired) electrons. The monoisotopic (exact) mass is 253 g/mol. The molecule has 0 aromatic heterocycles. The summed E-state index contributed by atoms with van der Waals surface area (Å²) in [4.78, 5) is 0. The number of hydrogen-bond acceptors (Lipinski definition) is 2. The van der Waals surface area contributed by atoms with E-state index in [1.54, 1.807) is 7.11 Å². The van der Waals surface area contributed by atoms with Crippen LogP contribution >= 0.6 is 11.6 Å². The van der Waals surface area contributed by atoms with Gasteiger partial charge in [0.25, 0.3) is 0 Å². The van der Waals surface area contributed by atoms with Crippen molar-refractivity contribution in [3.05, 3.63) is 28.3 Å². The van der Waals surface area contributed by atoms with Gasteiger partial charge in [-0.3, -0.25) is 0 Å². The Morgan fingerprint density at radius 2 is 2.00 bits per heavy atom. The highest BCUT2D eigenvalue weighted by molar-refractivity contribution is 6.32. The summed E-state index contributed by atoms with van der Waals surface area (Å²) in [6, 6.07) is 4.06. The number of hydrogen-bond donors (Lipinski definition) is 1. The average molecular weight is 254 g/mol. The molecule has 2 rings (SSSR count). The molecule has 1 aromatic rings. The topological polar surface area (TPSA) is 35.2 Å². The highest BCUT2D eigenvalue weighted by atomic mass is 35.5. The Morgan fingerprint density at radius 1 is 1.35 bits per heavy atom. The van der Waals surface area contributed by atoms with E-state index in [0.717, 1.165) is 5.75 Å². The molecule has 2 nitrogen and oxygen atoms in total. The van der Waals surface area contributed by atoms with Gasteiger partial charge in [-0.05, 0) is 48.9 Å². The fourth-order valence-electron chi connectivity index (χ4n) is 2.76. The van der Waals surface area contributed by atoms with Gasteiger partial charge < -0.3 is 10.5 Å². The normalized spacial score (nSPS) is 18.4. The molecule has 0 saturated heterocycles. The summed E-state index contributed by atoms with van der Waals surface area (Å²) in [6.07, 6.45) is 5.09. The Kier molecular flexibility index (Phi) is 3.95. The molecule has 0 amide bonds. The smallest absolute Gasteiger partial charge is 0.137 e. The van der Waals surface area contributed by atoms with E-state index >= 15 is 0 Å². The van der Waals surface area contributed by atoms with E-state index in [-0.39, 0.29) is 6.04 Å². The molecule has 1 atom stereocenters. The van der Waals surface area contributed by atoms with Crippen LogP contribution in [-0.4, -0.2) is 7.11 Å². The van der Waals surface area contributed by atoms with Gasteiger partial charge >= 0.3 is 0 Å². The Balaban J connectivity index is 2.28. The van der Waals surface area contributed by atoms with Crippen LogP contribution in [0.2, 0.25) is 5.02 Å². The lowest BCUT2D eigenvalue weighted by Crippen LogP contribution is -2.20. The Bertz CT molecular complexity index is 399. The third-order valence-electron chi connectivity index (χ3n) is 3.81. The summed E-state index contributed by atoms with van der Waals surface area (Å²) < 4.78 is 5.21. The second-order valence-electron chi connectivity index (χ2n) is 4.91. The van der Waals surface area contributed by atoms with Crippen LogP contribution in [0.4, 0.5) is 0 Å². The van der Waals surface area contributed by atoms with E-state index in [9.17, 15) is 0 Å². The number of nitrogens with two attached hydrogens (primary N) is 1. The van der Waals surface area contributed by atoms with Gasteiger partial charge in [0.05, 0.1) is 12.1 Å². The van der Waals surface area contributed by atoms with Gasteiger partial charge in [0.15, 0.2) is 0 Å². The average Bonchev–Trinajstić information content (AvgIpc) is 2.84. The summed E-state index contributed by atoms with van der Waals surface area (Å²) >= 11 is 6.17. The van der Waals surface area contributed by atoms with Crippen LogP contribution < -0.4 is 10.5 Å². The molecule has 94 valence electrons. The summed E-state index contributed by atoms with van der Waals surface area (Å²) in [5.41, 5.74) is 8.70. The van der Waals surface area contributed by atoms with E-state index in [0.29, 0.717) is 10.9 Å². The molecule has 2 N–H and O–H groups in total. The van der Waals surface area contributed by atoms with E-state index in [2.05, 4.69) is 6.92 Å². The first-order valence-electron chi connectivity index (χ1n) is 6.23. The molecule has 1 unspecified atom stereocenters. The summed E-state index contributed by atoms with van der Waals surface area (Å²) in [6.45, 7) is 2.07. The van der Waals surface area contributed by atoms with Gasteiger partial charge in [0.1, 0.15) is 5.75 Å². The molecule has 0 spiro atoms. The zero-order valence-corrected chi connectivity index (χ0v) is 11.3. The second-order valence-corrected chi connectivity index (χ2v) is 5.32. The lowest BCUT2D eigenvalue weighted by Gasteiger charge is -2.22. The maximum absolute atomic E-state index is 6.36. The van der Waals surface area contributed by atoms with Crippen LogP contribution in [0.5, 0.6) is 5.75 Å². The van der Waals surface area contributed by atoms with Gasteiger partial charge in [-0.2, -0.15) is 0 Å². The van der Waals surface area contributed by atoms with Gasteiger partial charge in [0.2, 0.25) is 0 Å². The predicted molar refractivity (Wildman–Crippen MR) is 71.6 cm³/mol. The Hall–Kier alpha value is -0.730. The minimum absolute atomic E-state index is 0.112. The van der Waals surface area contributed by atoms with Crippen molar-refractivity contribution < 1.29 is 4.74 Å². The molecular formula is C14H20ClNO. The molecule has 17 heavy (non-hydrogen) atoms. The molecule has 1 aliphatic carbocycles. The molecule has 1 aliphatic rings. The SMILES string of the molecule is COc1cc(C)c(C(N)C2CCCC2)cc1Cl. The van der Waals surface area contributed by atoms with Gasteiger partial charge in [-0.15, -0.1) is 0 Å². The number of rotatable bonds is 3. The summed E-state index contributed by atoms with van der Waals surface area (Å²) in [5.74, 6) is 1.34. The highest BCUT2D eigenvalue weighted by Crippen LogP contribution is 2.38. The van der Waals surface area contributed by atoms with E-state index in [4.69, 9.17) is 22.1 Å². The summed E-state index contributed by atoms with van der Waals surface area (Å²) in [7, 11) is 1.64. The number of aryl methyl sites for hydroxylation is 1. The third kappa shape index (κ3) is 2.58. The van der Waals surface area contributed by atoms with Crippen LogP contribution in [0.15, 0.2) is 12.1 Å². The molecule has 1 saturated carbocycles.